The number of unbranched alkanes of at least 4 members (excludes halogenated alkanes) is 2. The van der Waals surface area contributed by atoms with Crippen molar-refractivity contribution in [1.82, 2.24) is 5.06 Å². The first-order valence-corrected chi connectivity index (χ1v) is 7.16. The molecule has 1 aromatic rings. The molecule has 1 rings (SSSR count). The molecule has 0 aliphatic rings. The van der Waals surface area contributed by atoms with Crippen molar-refractivity contribution < 1.29 is 14.7 Å². The Hall–Kier alpha value is -1.39. The molecule has 1 amide bonds. The molecule has 0 aromatic heterocycles. The van der Waals surface area contributed by atoms with E-state index in [1.807, 2.05) is 24.3 Å². The van der Waals surface area contributed by atoms with Gasteiger partial charge in [-0.2, -0.15) is 0 Å². The summed E-state index contributed by atoms with van der Waals surface area (Å²) in [6, 6.07) is 7.84. The second kappa shape index (κ2) is 8.72. The monoisotopic (exact) mass is 279 g/mol. The molecule has 0 saturated heterocycles. The van der Waals surface area contributed by atoms with Crippen LogP contribution in [0.1, 0.15) is 49.8 Å². The standard InChI is InChI=1S/C16H25NO3/c1-4-5-6-7-13-8-10-14(11-9-13)15(18)12-16(19)17(2)20-3/h8-11,15,18H,4-7,12H2,1-3H3. The summed E-state index contributed by atoms with van der Waals surface area (Å²) in [6.07, 6.45) is 3.95. The minimum Gasteiger partial charge on any atom is -0.388 e. The third-order valence-electron chi connectivity index (χ3n) is 3.43. The summed E-state index contributed by atoms with van der Waals surface area (Å²) in [6.45, 7) is 2.19. The molecule has 0 aliphatic heterocycles. The van der Waals surface area contributed by atoms with Crippen molar-refractivity contribution in [2.75, 3.05) is 14.2 Å². The molecule has 0 bridgehead atoms. The Kier molecular flexibility index (Phi) is 7.26. The lowest BCUT2D eigenvalue weighted by atomic mass is 10.0. The van der Waals surface area contributed by atoms with E-state index >= 15 is 0 Å². The smallest absolute Gasteiger partial charge is 0.248 e. The fourth-order valence-electron chi connectivity index (χ4n) is 2.00. The van der Waals surface area contributed by atoms with Gasteiger partial charge in [-0.3, -0.25) is 9.63 Å². The van der Waals surface area contributed by atoms with E-state index in [9.17, 15) is 9.90 Å². The van der Waals surface area contributed by atoms with Gasteiger partial charge in [0.15, 0.2) is 0 Å². The van der Waals surface area contributed by atoms with Crippen LogP contribution in [0.2, 0.25) is 0 Å². The van der Waals surface area contributed by atoms with Crippen LogP contribution in [-0.2, 0) is 16.1 Å². The number of carbonyl (C=O) groups excluding carboxylic acids is 1. The van der Waals surface area contributed by atoms with Crippen molar-refractivity contribution in [3.05, 3.63) is 35.4 Å². The first-order valence-electron chi connectivity index (χ1n) is 7.16. The highest BCUT2D eigenvalue weighted by Crippen LogP contribution is 2.19. The summed E-state index contributed by atoms with van der Waals surface area (Å²) in [4.78, 5) is 16.4. The zero-order chi connectivity index (χ0) is 15.0. The van der Waals surface area contributed by atoms with Gasteiger partial charge in [0.25, 0.3) is 0 Å². The van der Waals surface area contributed by atoms with Crippen LogP contribution in [0.15, 0.2) is 24.3 Å². The second-order valence-corrected chi connectivity index (χ2v) is 4.99. The van der Waals surface area contributed by atoms with E-state index in [1.54, 1.807) is 0 Å². The van der Waals surface area contributed by atoms with E-state index in [4.69, 9.17) is 4.84 Å². The van der Waals surface area contributed by atoms with E-state index in [-0.39, 0.29) is 12.3 Å². The van der Waals surface area contributed by atoms with Gasteiger partial charge in [-0.1, -0.05) is 44.0 Å². The zero-order valence-corrected chi connectivity index (χ0v) is 12.6. The number of hydroxylamine groups is 2. The molecule has 4 heteroatoms. The van der Waals surface area contributed by atoms with Crippen molar-refractivity contribution in [3.63, 3.8) is 0 Å². The van der Waals surface area contributed by atoms with Gasteiger partial charge in [-0.05, 0) is 24.0 Å². The maximum absolute atomic E-state index is 11.6. The van der Waals surface area contributed by atoms with Gasteiger partial charge >= 0.3 is 0 Å². The largest absolute Gasteiger partial charge is 0.388 e. The Balaban J connectivity index is 2.52. The highest BCUT2D eigenvalue weighted by atomic mass is 16.7. The van der Waals surface area contributed by atoms with E-state index in [0.29, 0.717) is 0 Å². The zero-order valence-electron chi connectivity index (χ0n) is 12.6. The molecule has 0 spiro atoms. The quantitative estimate of drug-likeness (QED) is 0.588. The normalized spacial score (nSPS) is 12.2. The van der Waals surface area contributed by atoms with Crippen molar-refractivity contribution in [3.8, 4) is 0 Å². The number of amides is 1. The van der Waals surface area contributed by atoms with E-state index in [0.717, 1.165) is 17.0 Å². The van der Waals surface area contributed by atoms with Gasteiger partial charge in [0.05, 0.1) is 19.6 Å². The van der Waals surface area contributed by atoms with Crippen LogP contribution in [0, 0.1) is 0 Å². The Morgan fingerprint density at radius 1 is 1.30 bits per heavy atom. The molecule has 0 aliphatic carbocycles. The molecule has 4 nitrogen and oxygen atoms in total. The summed E-state index contributed by atoms with van der Waals surface area (Å²) >= 11 is 0. The molecular formula is C16H25NO3. The van der Waals surface area contributed by atoms with Crippen LogP contribution in [0.4, 0.5) is 0 Å². The molecule has 1 N–H and O–H groups in total. The molecule has 0 saturated carbocycles. The second-order valence-electron chi connectivity index (χ2n) is 4.99. The first-order chi connectivity index (χ1) is 9.58. The number of aliphatic hydroxyl groups excluding tert-OH is 1. The lowest BCUT2D eigenvalue weighted by Crippen LogP contribution is -2.26. The maximum Gasteiger partial charge on any atom is 0.248 e. The van der Waals surface area contributed by atoms with E-state index in [1.165, 1.54) is 39.0 Å². The van der Waals surface area contributed by atoms with Crippen molar-refractivity contribution in [1.29, 1.82) is 0 Å². The summed E-state index contributed by atoms with van der Waals surface area (Å²) in [7, 11) is 2.96. The topological polar surface area (TPSA) is 49.8 Å². The predicted molar refractivity (Wildman–Crippen MR) is 79.0 cm³/mol. The number of benzene rings is 1. The third kappa shape index (κ3) is 5.31. The minimum absolute atomic E-state index is 0.0273. The molecular weight excluding hydrogens is 254 g/mol. The summed E-state index contributed by atoms with van der Waals surface area (Å²) in [5.41, 5.74) is 2.04. The summed E-state index contributed by atoms with van der Waals surface area (Å²) in [5.74, 6) is -0.243. The average Bonchev–Trinajstić information content (AvgIpc) is 2.47. The number of aliphatic hydroxyl groups is 1. The van der Waals surface area contributed by atoms with Gasteiger partial charge in [0.2, 0.25) is 5.91 Å². The Morgan fingerprint density at radius 3 is 2.50 bits per heavy atom. The fourth-order valence-corrected chi connectivity index (χ4v) is 2.00. The fraction of sp³-hybridized carbons (Fsp3) is 0.562. The molecule has 1 unspecified atom stereocenters. The van der Waals surface area contributed by atoms with Crippen LogP contribution in [0.5, 0.6) is 0 Å². The highest BCUT2D eigenvalue weighted by Gasteiger charge is 2.16. The highest BCUT2D eigenvalue weighted by molar-refractivity contribution is 5.75. The molecule has 20 heavy (non-hydrogen) atoms. The maximum atomic E-state index is 11.6. The summed E-state index contributed by atoms with van der Waals surface area (Å²) < 4.78 is 0. The Bertz CT molecular complexity index is 403. The number of hydrogen-bond donors (Lipinski definition) is 1. The van der Waals surface area contributed by atoms with Crippen LogP contribution < -0.4 is 0 Å². The molecule has 112 valence electrons. The Morgan fingerprint density at radius 2 is 1.95 bits per heavy atom. The number of rotatable bonds is 8. The predicted octanol–water partition coefficient (Wildman–Crippen LogP) is 2.86. The van der Waals surface area contributed by atoms with Crippen molar-refractivity contribution in [2.24, 2.45) is 0 Å². The number of aryl methyl sites for hydroxylation is 1. The SMILES string of the molecule is CCCCCc1ccc(C(O)CC(=O)N(C)OC)cc1. The van der Waals surface area contributed by atoms with Crippen molar-refractivity contribution >= 4 is 5.91 Å². The van der Waals surface area contributed by atoms with Crippen LogP contribution >= 0.6 is 0 Å². The lowest BCUT2D eigenvalue weighted by molar-refractivity contribution is -0.170. The van der Waals surface area contributed by atoms with E-state index in [2.05, 4.69) is 6.92 Å². The Labute approximate surface area is 121 Å². The molecule has 0 radical (unpaired) electrons. The molecule has 1 aromatic carbocycles. The first kappa shape index (κ1) is 16.7. The van der Waals surface area contributed by atoms with Gasteiger partial charge in [0, 0.05) is 7.05 Å². The molecule has 0 fully saturated rings. The number of hydrogen-bond acceptors (Lipinski definition) is 3. The molecule has 0 heterocycles. The number of nitrogens with zero attached hydrogens (tertiary/aromatic N) is 1. The number of carbonyl (C=O) groups is 1. The van der Waals surface area contributed by atoms with Crippen LogP contribution in [0.25, 0.3) is 0 Å². The van der Waals surface area contributed by atoms with Gasteiger partial charge < -0.3 is 5.11 Å². The van der Waals surface area contributed by atoms with Gasteiger partial charge in [-0.15, -0.1) is 0 Å². The van der Waals surface area contributed by atoms with Crippen molar-refractivity contribution in [2.45, 2.75) is 45.1 Å². The molecule has 1 atom stereocenters. The third-order valence-corrected chi connectivity index (χ3v) is 3.43. The van der Waals surface area contributed by atoms with Gasteiger partial charge in [0.1, 0.15) is 0 Å². The average molecular weight is 279 g/mol. The minimum atomic E-state index is -0.787. The van der Waals surface area contributed by atoms with Crippen LogP contribution in [0.3, 0.4) is 0 Å². The van der Waals surface area contributed by atoms with Gasteiger partial charge in [-0.25, -0.2) is 5.06 Å². The lowest BCUT2D eigenvalue weighted by Gasteiger charge is -2.16. The van der Waals surface area contributed by atoms with E-state index < -0.39 is 6.10 Å². The van der Waals surface area contributed by atoms with Crippen LogP contribution in [-0.4, -0.2) is 30.2 Å². The summed E-state index contributed by atoms with van der Waals surface area (Å²) in [5, 5.41) is 11.2.